The van der Waals surface area contributed by atoms with Crippen molar-refractivity contribution in [2.24, 2.45) is 0 Å². The molecule has 1 amide bonds. The molecule has 0 aliphatic heterocycles. The number of carbonyl (C=O) groups is 1. The van der Waals surface area contributed by atoms with Crippen molar-refractivity contribution in [3.63, 3.8) is 0 Å². The normalized spacial score (nSPS) is 10.4. The number of hydrogen-bond donors (Lipinski definition) is 1. The van der Waals surface area contributed by atoms with Crippen LogP contribution in [-0.2, 0) is 11.2 Å². The standard InChI is InChI=1S/C13H15N3O2S/c1-2-6-12-15-16-13(18-12)19-9-11(17)14-10-7-4-3-5-8-10/h3-5,7-8H,2,6,9H2,1H3,(H,14,17). The van der Waals surface area contributed by atoms with Gasteiger partial charge in [-0.25, -0.2) is 0 Å². The topological polar surface area (TPSA) is 68.0 Å². The summed E-state index contributed by atoms with van der Waals surface area (Å²) in [5, 5.41) is 11.0. The van der Waals surface area contributed by atoms with Gasteiger partial charge >= 0.3 is 0 Å². The first-order chi connectivity index (χ1) is 9.28. The van der Waals surface area contributed by atoms with Crippen molar-refractivity contribution in [1.29, 1.82) is 0 Å². The summed E-state index contributed by atoms with van der Waals surface area (Å²) in [6.45, 7) is 2.05. The fourth-order valence-corrected chi connectivity index (χ4v) is 2.04. The number of thioether (sulfide) groups is 1. The van der Waals surface area contributed by atoms with Gasteiger partial charge in [0.15, 0.2) is 0 Å². The lowest BCUT2D eigenvalue weighted by molar-refractivity contribution is -0.113. The summed E-state index contributed by atoms with van der Waals surface area (Å²) in [5.41, 5.74) is 0.783. The van der Waals surface area contributed by atoms with Crippen molar-refractivity contribution in [2.45, 2.75) is 25.0 Å². The predicted molar refractivity (Wildman–Crippen MR) is 74.1 cm³/mol. The highest BCUT2D eigenvalue weighted by atomic mass is 32.2. The summed E-state index contributed by atoms with van der Waals surface area (Å²) in [4.78, 5) is 11.7. The molecule has 1 aromatic heterocycles. The Morgan fingerprint density at radius 2 is 2.11 bits per heavy atom. The van der Waals surface area contributed by atoms with E-state index in [-0.39, 0.29) is 11.7 Å². The van der Waals surface area contributed by atoms with E-state index >= 15 is 0 Å². The lowest BCUT2D eigenvalue weighted by Gasteiger charge is -2.02. The summed E-state index contributed by atoms with van der Waals surface area (Å²) in [5.74, 6) is 0.780. The Labute approximate surface area is 115 Å². The average molecular weight is 277 g/mol. The molecule has 5 nitrogen and oxygen atoms in total. The van der Waals surface area contributed by atoms with Crippen molar-refractivity contribution >= 4 is 23.4 Å². The number of aromatic nitrogens is 2. The highest BCUT2D eigenvalue weighted by Crippen LogP contribution is 2.17. The van der Waals surface area contributed by atoms with Crippen LogP contribution in [0.3, 0.4) is 0 Å². The Hall–Kier alpha value is -1.82. The van der Waals surface area contributed by atoms with Gasteiger partial charge in [0.2, 0.25) is 11.8 Å². The fourth-order valence-electron chi connectivity index (χ4n) is 1.46. The third-order valence-corrected chi connectivity index (χ3v) is 3.11. The maximum Gasteiger partial charge on any atom is 0.277 e. The molecule has 2 rings (SSSR count). The molecule has 0 aliphatic rings. The van der Waals surface area contributed by atoms with Gasteiger partial charge in [0.1, 0.15) is 0 Å². The summed E-state index contributed by atoms with van der Waals surface area (Å²) < 4.78 is 5.39. The van der Waals surface area contributed by atoms with Crippen LogP contribution in [0.1, 0.15) is 19.2 Å². The molecule has 100 valence electrons. The van der Waals surface area contributed by atoms with Crippen LogP contribution in [0.2, 0.25) is 0 Å². The van der Waals surface area contributed by atoms with Crippen LogP contribution in [0.5, 0.6) is 0 Å². The van der Waals surface area contributed by atoms with Gasteiger partial charge in [-0.15, -0.1) is 10.2 Å². The van der Waals surface area contributed by atoms with Gasteiger partial charge in [-0.3, -0.25) is 4.79 Å². The number of aryl methyl sites for hydroxylation is 1. The minimum absolute atomic E-state index is 0.0913. The molecule has 0 radical (unpaired) electrons. The molecule has 6 heteroatoms. The van der Waals surface area contributed by atoms with E-state index in [4.69, 9.17) is 4.42 Å². The molecule has 19 heavy (non-hydrogen) atoms. The maximum absolute atomic E-state index is 11.7. The van der Waals surface area contributed by atoms with E-state index in [9.17, 15) is 4.79 Å². The van der Waals surface area contributed by atoms with Crippen LogP contribution in [0.15, 0.2) is 40.0 Å². The monoisotopic (exact) mass is 277 g/mol. The number of benzene rings is 1. The van der Waals surface area contributed by atoms with E-state index in [1.807, 2.05) is 37.3 Å². The van der Waals surface area contributed by atoms with E-state index in [0.29, 0.717) is 11.1 Å². The lowest BCUT2D eigenvalue weighted by Crippen LogP contribution is -2.13. The summed E-state index contributed by atoms with van der Waals surface area (Å²) in [6, 6.07) is 9.33. The quantitative estimate of drug-likeness (QED) is 0.822. The zero-order valence-electron chi connectivity index (χ0n) is 10.6. The molecule has 0 aliphatic carbocycles. The number of nitrogens with one attached hydrogen (secondary N) is 1. The van der Waals surface area contributed by atoms with Gasteiger partial charge in [-0.05, 0) is 18.6 Å². The minimum atomic E-state index is -0.0913. The molecule has 1 aromatic carbocycles. The van der Waals surface area contributed by atoms with Crippen molar-refractivity contribution in [3.8, 4) is 0 Å². The third kappa shape index (κ3) is 4.40. The van der Waals surface area contributed by atoms with Crippen LogP contribution in [-0.4, -0.2) is 21.9 Å². The highest BCUT2D eigenvalue weighted by molar-refractivity contribution is 7.99. The number of amides is 1. The Bertz CT molecular complexity index is 528. The summed E-state index contributed by atoms with van der Waals surface area (Å²) >= 11 is 1.24. The van der Waals surface area contributed by atoms with E-state index in [0.717, 1.165) is 18.5 Å². The molecule has 1 heterocycles. The molecular formula is C13H15N3O2S. The van der Waals surface area contributed by atoms with Crippen molar-refractivity contribution in [1.82, 2.24) is 10.2 Å². The Balaban J connectivity index is 1.79. The van der Waals surface area contributed by atoms with Gasteiger partial charge in [0, 0.05) is 12.1 Å². The minimum Gasteiger partial charge on any atom is -0.416 e. The molecule has 0 unspecified atom stereocenters. The molecule has 0 atom stereocenters. The number of nitrogens with zero attached hydrogens (tertiary/aromatic N) is 2. The van der Waals surface area contributed by atoms with Crippen molar-refractivity contribution in [3.05, 3.63) is 36.2 Å². The number of rotatable bonds is 6. The third-order valence-electron chi connectivity index (χ3n) is 2.30. The van der Waals surface area contributed by atoms with Gasteiger partial charge in [0.25, 0.3) is 5.22 Å². The SMILES string of the molecule is CCCc1nnc(SCC(=O)Nc2ccccc2)o1. The summed E-state index contributed by atoms with van der Waals surface area (Å²) in [7, 11) is 0. The van der Waals surface area contributed by atoms with E-state index in [2.05, 4.69) is 15.5 Å². The smallest absolute Gasteiger partial charge is 0.277 e. The number of hydrogen-bond acceptors (Lipinski definition) is 5. The van der Waals surface area contributed by atoms with Gasteiger partial charge in [-0.1, -0.05) is 36.9 Å². The van der Waals surface area contributed by atoms with E-state index in [1.54, 1.807) is 0 Å². The van der Waals surface area contributed by atoms with Crippen LogP contribution >= 0.6 is 11.8 Å². The molecule has 0 saturated carbocycles. The largest absolute Gasteiger partial charge is 0.416 e. The van der Waals surface area contributed by atoms with Crippen LogP contribution < -0.4 is 5.32 Å². The number of anilines is 1. The highest BCUT2D eigenvalue weighted by Gasteiger charge is 2.09. The van der Waals surface area contributed by atoms with Crippen molar-refractivity contribution in [2.75, 3.05) is 11.1 Å². The molecule has 0 fully saturated rings. The van der Waals surface area contributed by atoms with Crippen molar-refractivity contribution < 1.29 is 9.21 Å². The van der Waals surface area contributed by atoms with Gasteiger partial charge in [0.05, 0.1) is 5.75 Å². The molecule has 2 aromatic rings. The Morgan fingerprint density at radius 3 is 2.84 bits per heavy atom. The summed E-state index contributed by atoms with van der Waals surface area (Å²) in [6.07, 6.45) is 1.73. The number of carbonyl (C=O) groups excluding carboxylic acids is 1. The Morgan fingerprint density at radius 1 is 1.32 bits per heavy atom. The predicted octanol–water partition coefficient (Wildman–Crippen LogP) is 2.75. The Kier molecular flexibility index (Phi) is 4.97. The van der Waals surface area contributed by atoms with E-state index < -0.39 is 0 Å². The van der Waals surface area contributed by atoms with Crippen LogP contribution in [0, 0.1) is 0 Å². The van der Waals surface area contributed by atoms with E-state index in [1.165, 1.54) is 11.8 Å². The molecule has 0 saturated heterocycles. The first-order valence-electron chi connectivity index (χ1n) is 6.08. The second kappa shape index (κ2) is 6.94. The maximum atomic E-state index is 11.7. The first kappa shape index (κ1) is 13.6. The van der Waals surface area contributed by atoms with Gasteiger partial charge < -0.3 is 9.73 Å². The zero-order chi connectivity index (χ0) is 13.5. The average Bonchev–Trinajstić information content (AvgIpc) is 2.86. The second-order valence-electron chi connectivity index (χ2n) is 3.91. The van der Waals surface area contributed by atoms with Crippen LogP contribution in [0.4, 0.5) is 5.69 Å². The fraction of sp³-hybridized carbons (Fsp3) is 0.308. The zero-order valence-corrected chi connectivity index (χ0v) is 11.4. The lowest BCUT2D eigenvalue weighted by atomic mass is 10.3. The molecule has 1 N–H and O–H groups in total. The van der Waals surface area contributed by atoms with Gasteiger partial charge in [-0.2, -0.15) is 0 Å². The first-order valence-corrected chi connectivity index (χ1v) is 7.06. The molecule has 0 bridgehead atoms. The second-order valence-corrected chi connectivity index (χ2v) is 4.84. The molecule has 0 spiro atoms. The molecular weight excluding hydrogens is 262 g/mol. The van der Waals surface area contributed by atoms with Crippen LogP contribution in [0.25, 0.3) is 0 Å². The number of para-hydroxylation sites is 1.